The van der Waals surface area contributed by atoms with E-state index in [0.29, 0.717) is 19.5 Å². The summed E-state index contributed by atoms with van der Waals surface area (Å²) < 4.78 is 0. The third-order valence-electron chi connectivity index (χ3n) is 8.26. The SMILES string of the molecule is CN(C)C(=O)[C@@H]1CC2(CCN(C(=O)[C@@H](CCCc3ccccc3)NC(=O)C(C)(C)N)CC2)c2ccccc21. The third-order valence-corrected chi connectivity index (χ3v) is 8.26. The summed E-state index contributed by atoms with van der Waals surface area (Å²) in [7, 11) is 3.62. The molecule has 38 heavy (non-hydrogen) atoms. The molecule has 3 amide bonds. The standard InChI is InChI=1S/C31H42N4O3/c1-30(2,32)29(38)33-26(16-10-13-22-11-6-5-7-12-22)28(37)35-19-17-31(18-20-35)21-24(27(36)34(3)4)23-14-8-9-15-25(23)31/h5-9,11-12,14-15,24,26H,10,13,16-21,32H2,1-4H3,(H,33,38)/t24-,26-/m1/s1. The summed E-state index contributed by atoms with van der Waals surface area (Å²) in [6, 6.07) is 17.9. The van der Waals surface area contributed by atoms with Crippen LogP contribution in [0.4, 0.5) is 0 Å². The van der Waals surface area contributed by atoms with E-state index in [9.17, 15) is 14.4 Å². The lowest BCUT2D eigenvalue weighted by Crippen LogP contribution is -2.57. The van der Waals surface area contributed by atoms with Gasteiger partial charge in [-0.3, -0.25) is 14.4 Å². The number of hydrogen-bond acceptors (Lipinski definition) is 4. The number of amides is 3. The van der Waals surface area contributed by atoms with Crippen LogP contribution in [-0.4, -0.2) is 66.3 Å². The quantitative estimate of drug-likeness (QED) is 0.560. The molecule has 204 valence electrons. The molecule has 0 unspecified atom stereocenters. The molecule has 2 aromatic rings. The number of likely N-dealkylation sites (N-methyl/N-ethyl adjacent to an activating group) is 1. The molecule has 2 aromatic carbocycles. The molecule has 2 aliphatic rings. The summed E-state index contributed by atoms with van der Waals surface area (Å²) in [5, 5.41) is 2.95. The highest BCUT2D eigenvalue weighted by Crippen LogP contribution is 2.52. The maximum atomic E-state index is 13.7. The van der Waals surface area contributed by atoms with Gasteiger partial charge in [-0.25, -0.2) is 0 Å². The van der Waals surface area contributed by atoms with E-state index < -0.39 is 11.6 Å². The van der Waals surface area contributed by atoms with E-state index in [2.05, 4.69) is 29.6 Å². The van der Waals surface area contributed by atoms with Crippen LogP contribution in [-0.2, 0) is 26.2 Å². The van der Waals surface area contributed by atoms with Gasteiger partial charge in [0.05, 0.1) is 11.5 Å². The van der Waals surface area contributed by atoms with Crippen molar-refractivity contribution in [3.05, 3.63) is 71.3 Å². The first-order valence-electron chi connectivity index (χ1n) is 13.7. The lowest BCUT2D eigenvalue weighted by atomic mass is 9.73. The van der Waals surface area contributed by atoms with Gasteiger partial charge in [-0.1, -0.05) is 54.6 Å². The van der Waals surface area contributed by atoms with E-state index in [1.54, 1.807) is 18.7 Å². The molecule has 3 N–H and O–H groups in total. The number of nitrogens with zero attached hydrogens (tertiary/aromatic N) is 2. The van der Waals surface area contributed by atoms with Crippen LogP contribution in [0.3, 0.4) is 0 Å². The summed E-state index contributed by atoms with van der Waals surface area (Å²) in [4.78, 5) is 43.0. The molecule has 1 heterocycles. The molecule has 1 aliphatic heterocycles. The van der Waals surface area contributed by atoms with Gasteiger partial charge >= 0.3 is 0 Å². The fraction of sp³-hybridized carbons (Fsp3) is 0.516. The highest BCUT2D eigenvalue weighted by molar-refractivity contribution is 5.91. The van der Waals surface area contributed by atoms with Crippen LogP contribution in [0.25, 0.3) is 0 Å². The van der Waals surface area contributed by atoms with Gasteiger partial charge in [-0.15, -0.1) is 0 Å². The molecule has 1 fully saturated rings. The smallest absolute Gasteiger partial charge is 0.245 e. The number of rotatable bonds is 8. The third kappa shape index (κ3) is 5.93. The predicted octanol–water partition coefficient (Wildman–Crippen LogP) is 3.37. The van der Waals surface area contributed by atoms with Gasteiger partial charge in [0.2, 0.25) is 17.7 Å². The van der Waals surface area contributed by atoms with Crippen molar-refractivity contribution >= 4 is 17.7 Å². The zero-order valence-corrected chi connectivity index (χ0v) is 23.2. The minimum atomic E-state index is -1.06. The number of aryl methyl sites for hydroxylation is 1. The molecule has 0 saturated carbocycles. The molecule has 1 spiro atoms. The topological polar surface area (TPSA) is 95.7 Å². The Morgan fingerprint density at radius 3 is 2.32 bits per heavy atom. The van der Waals surface area contributed by atoms with E-state index in [0.717, 1.165) is 37.7 Å². The molecule has 2 atom stereocenters. The van der Waals surface area contributed by atoms with E-state index in [1.807, 2.05) is 49.3 Å². The van der Waals surface area contributed by atoms with Crippen molar-refractivity contribution in [2.45, 2.75) is 75.3 Å². The summed E-state index contributed by atoms with van der Waals surface area (Å²) in [5.74, 6) is -0.366. The molecular weight excluding hydrogens is 476 g/mol. The van der Waals surface area contributed by atoms with E-state index >= 15 is 0 Å². The van der Waals surface area contributed by atoms with Gasteiger partial charge in [0.1, 0.15) is 6.04 Å². The summed E-state index contributed by atoms with van der Waals surface area (Å²) in [6.07, 6.45) is 4.57. The van der Waals surface area contributed by atoms with Gasteiger partial charge in [0, 0.05) is 32.6 Å². The van der Waals surface area contributed by atoms with Crippen molar-refractivity contribution < 1.29 is 14.4 Å². The van der Waals surface area contributed by atoms with E-state index in [-0.39, 0.29) is 29.1 Å². The minimum absolute atomic E-state index is 0.0438. The number of nitrogens with one attached hydrogen (secondary N) is 1. The molecule has 0 aromatic heterocycles. The summed E-state index contributed by atoms with van der Waals surface area (Å²) in [5.41, 5.74) is 8.47. The maximum absolute atomic E-state index is 13.7. The van der Waals surface area contributed by atoms with Crippen LogP contribution < -0.4 is 11.1 Å². The Kier molecular flexibility index (Phi) is 8.26. The maximum Gasteiger partial charge on any atom is 0.245 e. The molecule has 7 heteroatoms. The van der Waals surface area contributed by atoms with Crippen molar-refractivity contribution in [3.63, 3.8) is 0 Å². The average molecular weight is 519 g/mol. The van der Waals surface area contributed by atoms with Gasteiger partial charge in [0.15, 0.2) is 0 Å². The van der Waals surface area contributed by atoms with Crippen molar-refractivity contribution in [1.82, 2.24) is 15.1 Å². The Hall–Kier alpha value is -3.19. The first kappa shape index (κ1) is 27.8. The molecule has 7 nitrogen and oxygen atoms in total. The molecule has 1 saturated heterocycles. The number of fused-ring (bicyclic) bond motifs is 2. The van der Waals surface area contributed by atoms with E-state index in [1.165, 1.54) is 11.1 Å². The monoisotopic (exact) mass is 518 g/mol. The Balaban J connectivity index is 1.45. The Morgan fingerprint density at radius 2 is 1.68 bits per heavy atom. The second-order valence-electron chi connectivity index (χ2n) is 11.8. The van der Waals surface area contributed by atoms with Gasteiger partial charge in [-0.05, 0) is 69.1 Å². The number of carbonyl (C=O) groups excluding carboxylic acids is 3. The Bertz CT molecular complexity index is 1150. The minimum Gasteiger partial charge on any atom is -0.348 e. The van der Waals surface area contributed by atoms with E-state index in [4.69, 9.17) is 5.73 Å². The Morgan fingerprint density at radius 1 is 1.05 bits per heavy atom. The number of benzene rings is 2. The van der Waals surface area contributed by atoms with Crippen LogP contribution in [0.2, 0.25) is 0 Å². The molecular formula is C31H42N4O3. The molecule has 0 radical (unpaired) electrons. The molecule has 4 rings (SSSR count). The first-order chi connectivity index (χ1) is 18.0. The number of hydrogen-bond donors (Lipinski definition) is 2. The lowest BCUT2D eigenvalue weighted by molar-refractivity contribution is -0.139. The van der Waals surface area contributed by atoms with Crippen LogP contribution in [0.1, 0.15) is 68.6 Å². The second kappa shape index (κ2) is 11.3. The van der Waals surface area contributed by atoms with Gasteiger partial charge in [-0.2, -0.15) is 0 Å². The molecule has 1 aliphatic carbocycles. The zero-order chi connectivity index (χ0) is 27.5. The summed E-state index contributed by atoms with van der Waals surface area (Å²) in [6.45, 7) is 4.52. The Labute approximate surface area is 226 Å². The van der Waals surface area contributed by atoms with Crippen molar-refractivity contribution in [1.29, 1.82) is 0 Å². The number of likely N-dealkylation sites (tertiary alicyclic amines) is 1. The number of carbonyl (C=O) groups is 3. The van der Waals surface area contributed by atoms with Crippen molar-refractivity contribution in [2.24, 2.45) is 5.73 Å². The van der Waals surface area contributed by atoms with Crippen LogP contribution in [0, 0.1) is 0 Å². The number of nitrogens with two attached hydrogens (primary N) is 1. The highest BCUT2D eigenvalue weighted by atomic mass is 16.2. The first-order valence-corrected chi connectivity index (χ1v) is 13.7. The normalized spacial score (nSPS) is 19.1. The van der Waals surface area contributed by atoms with Crippen molar-refractivity contribution in [2.75, 3.05) is 27.2 Å². The fourth-order valence-electron chi connectivity index (χ4n) is 6.03. The van der Waals surface area contributed by atoms with Gasteiger partial charge in [0.25, 0.3) is 0 Å². The predicted molar refractivity (Wildman–Crippen MR) is 150 cm³/mol. The van der Waals surface area contributed by atoms with Crippen LogP contribution >= 0.6 is 0 Å². The number of piperidine rings is 1. The van der Waals surface area contributed by atoms with Crippen molar-refractivity contribution in [3.8, 4) is 0 Å². The zero-order valence-electron chi connectivity index (χ0n) is 23.2. The van der Waals surface area contributed by atoms with Crippen LogP contribution in [0.15, 0.2) is 54.6 Å². The molecule has 0 bridgehead atoms. The average Bonchev–Trinajstić information content (AvgIpc) is 3.21. The van der Waals surface area contributed by atoms with Gasteiger partial charge < -0.3 is 20.9 Å². The highest BCUT2D eigenvalue weighted by Gasteiger charge is 2.48. The lowest BCUT2D eigenvalue weighted by Gasteiger charge is -2.41. The fourth-order valence-corrected chi connectivity index (χ4v) is 6.03. The second-order valence-corrected chi connectivity index (χ2v) is 11.8. The van der Waals surface area contributed by atoms with Crippen LogP contribution in [0.5, 0.6) is 0 Å². The summed E-state index contributed by atoms with van der Waals surface area (Å²) >= 11 is 0. The largest absolute Gasteiger partial charge is 0.348 e.